The molecule has 166 valence electrons. The highest BCUT2D eigenvalue weighted by molar-refractivity contribution is 6.35. The van der Waals surface area contributed by atoms with E-state index in [0.717, 1.165) is 27.7 Å². The third-order valence-electron chi connectivity index (χ3n) is 5.57. The summed E-state index contributed by atoms with van der Waals surface area (Å²) in [5, 5.41) is 10.7. The molecule has 3 aromatic heterocycles. The number of ether oxygens (including phenoxy) is 1. The first-order valence-electron chi connectivity index (χ1n) is 10.6. The summed E-state index contributed by atoms with van der Waals surface area (Å²) in [5.74, 6) is 0.230. The van der Waals surface area contributed by atoms with Crippen molar-refractivity contribution in [3.8, 4) is 22.9 Å². The van der Waals surface area contributed by atoms with E-state index in [1.165, 1.54) is 0 Å². The number of hydrogen-bond donors (Lipinski definition) is 0. The molecule has 0 amide bonds. The number of rotatable bonds is 4. The van der Waals surface area contributed by atoms with Crippen LogP contribution in [0.5, 0.6) is 0 Å². The molecule has 0 fully saturated rings. The lowest BCUT2D eigenvalue weighted by Crippen LogP contribution is -2.06. The SMILES string of the molecule is CCOC(=O)c1cc(-c2ccnc(C#N)c2)cc2c1nc(C)n2-c1ccnc2c(Cl)cccc12. The number of nitriles is 1. The molecule has 7 nitrogen and oxygen atoms in total. The van der Waals surface area contributed by atoms with Crippen molar-refractivity contribution in [2.45, 2.75) is 13.8 Å². The average Bonchev–Trinajstić information content (AvgIpc) is 3.19. The second kappa shape index (κ2) is 8.58. The number of nitrogens with zero attached hydrogens (tertiary/aromatic N) is 5. The summed E-state index contributed by atoms with van der Waals surface area (Å²) in [6, 6.07) is 16.8. The van der Waals surface area contributed by atoms with Gasteiger partial charge in [0, 0.05) is 17.8 Å². The van der Waals surface area contributed by atoms with E-state index in [-0.39, 0.29) is 12.3 Å². The Labute approximate surface area is 200 Å². The highest BCUT2D eigenvalue weighted by atomic mass is 35.5. The quantitative estimate of drug-likeness (QED) is 0.317. The zero-order chi connectivity index (χ0) is 23.8. The smallest absolute Gasteiger partial charge is 0.340 e. The Morgan fingerprint density at radius 1 is 1.09 bits per heavy atom. The predicted octanol–water partition coefficient (Wildman–Crippen LogP) is 5.65. The van der Waals surface area contributed by atoms with Crippen LogP contribution in [0.15, 0.2) is 60.9 Å². The van der Waals surface area contributed by atoms with Crippen LogP contribution in [-0.2, 0) is 4.74 Å². The van der Waals surface area contributed by atoms with Crippen LogP contribution in [0.3, 0.4) is 0 Å². The molecule has 0 aliphatic rings. The van der Waals surface area contributed by atoms with Crippen LogP contribution in [-0.4, -0.2) is 32.1 Å². The van der Waals surface area contributed by atoms with Crippen LogP contribution in [0.25, 0.3) is 38.8 Å². The molecule has 0 aliphatic heterocycles. The Hall–Kier alpha value is -4.28. The molecule has 0 radical (unpaired) electrons. The fraction of sp³-hybridized carbons (Fsp3) is 0.115. The van der Waals surface area contributed by atoms with Crippen LogP contribution < -0.4 is 0 Å². The average molecular weight is 468 g/mol. The van der Waals surface area contributed by atoms with Gasteiger partial charge >= 0.3 is 5.97 Å². The second-order valence-corrected chi connectivity index (χ2v) is 8.02. The van der Waals surface area contributed by atoms with E-state index < -0.39 is 5.97 Å². The van der Waals surface area contributed by atoms with E-state index in [1.54, 1.807) is 43.6 Å². The molecule has 0 saturated heterocycles. The number of aryl methyl sites for hydroxylation is 1. The summed E-state index contributed by atoms with van der Waals surface area (Å²) in [7, 11) is 0. The number of imidazole rings is 1. The number of pyridine rings is 2. The maximum Gasteiger partial charge on any atom is 0.340 e. The molecule has 0 bridgehead atoms. The van der Waals surface area contributed by atoms with Crippen molar-refractivity contribution in [2.24, 2.45) is 0 Å². The van der Waals surface area contributed by atoms with Gasteiger partial charge < -0.3 is 4.74 Å². The molecular formula is C26H18ClN5O2. The van der Waals surface area contributed by atoms with Gasteiger partial charge in [0.2, 0.25) is 0 Å². The summed E-state index contributed by atoms with van der Waals surface area (Å²) in [4.78, 5) is 26.1. The van der Waals surface area contributed by atoms with E-state index in [2.05, 4.69) is 16.0 Å². The first-order chi connectivity index (χ1) is 16.5. The maximum atomic E-state index is 12.9. The Morgan fingerprint density at radius 3 is 2.71 bits per heavy atom. The molecule has 0 aliphatic carbocycles. The van der Waals surface area contributed by atoms with Gasteiger partial charge in [-0.05, 0) is 61.4 Å². The van der Waals surface area contributed by atoms with E-state index in [0.29, 0.717) is 27.4 Å². The number of carbonyl (C=O) groups excluding carboxylic acids is 1. The normalized spacial score (nSPS) is 11.0. The predicted molar refractivity (Wildman–Crippen MR) is 130 cm³/mol. The van der Waals surface area contributed by atoms with Crippen molar-refractivity contribution >= 4 is 39.5 Å². The Kier molecular flexibility index (Phi) is 5.44. The number of hydrogen-bond acceptors (Lipinski definition) is 6. The van der Waals surface area contributed by atoms with Gasteiger partial charge in [0.15, 0.2) is 0 Å². The van der Waals surface area contributed by atoms with Crippen LogP contribution in [0.2, 0.25) is 5.02 Å². The van der Waals surface area contributed by atoms with E-state index in [4.69, 9.17) is 21.3 Å². The van der Waals surface area contributed by atoms with Crippen LogP contribution in [0.1, 0.15) is 28.8 Å². The molecule has 34 heavy (non-hydrogen) atoms. The highest BCUT2D eigenvalue weighted by Gasteiger charge is 2.21. The zero-order valence-electron chi connectivity index (χ0n) is 18.4. The minimum Gasteiger partial charge on any atom is -0.462 e. The van der Waals surface area contributed by atoms with Gasteiger partial charge in [-0.25, -0.2) is 14.8 Å². The largest absolute Gasteiger partial charge is 0.462 e. The van der Waals surface area contributed by atoms with Crippen molar-refractivity contribution in [1.29, 1.82) is 5.26 Å². The number of esters is 1. The molecule has 0 unspecified atom stereocenters. The fourth-order valence-electron chi connectivity index (χ4n) is 4.12. The zero-order valence-corrected chi connectivity index (χ0v) is 19.2. The minimum atomic E-state index is -0.462. The first-order valence-corrected chi connectivity index (χ1v) is 11.0. The topological polar surface area (TPSA) is 93.7 Å². The van der Waals surface area contributed by atoms with E-state index in [1.807, 2.05) is 35.8 Å². The van der Waals surface area contributed by atoms with Crippen LogP contribution in [0.4, 0.5) is 0 Å². The fourth-order valence-corrected chi connectivity index (χ4v) is 4.34. The second-order valence-electron chi connectivity index (χ2n) is 7.61. The molecule has 3 heterocycles. The lowest BCUT2D eigenvalue weighted by atomic mass is 10.0. The summed E-state index contributed by atoms with van der Waals surface area (Å²) in [6.07, 6.45) is 3.27. The van der Waals surface area contributed by atoms with Crippen LogP contribution >= 0.6 is 11.6 Å². The summed E-state index contributed by atoms with van der Waals surface area (Å²) >= 11 is 6.40. The lowest BCUT2D eigenvalue weighted by Gasteiger charge is -2.13. The van der Waals surface area contributed by atoms with Gasteiger partial charge in [0.05, 0.1) is 33.9 Å². The molecule has 0 spiro atoms. The highest BCUT2D eigenvalue weighted by Crippen LogP contribution is 2.34. The third-order valence-corrected chi connectivity index (χ3v) is 5.88. The Balaban J connectivity index is 1.85. The summed E-state index contributed by atoms with van der Waals surface area (Å²) < 4.78 is 7.31. The molecule has 8 heteroatoms. The number of carbonyl (C=O) groups is 1. The Morgan fingerprint density at radius 2 is 1.91 bits per heavy atom. The molecule has 0 atom stereocenters. The van der Waals surface area contributed by atoms with Gasteiger partial charge in [0.25, 0.3) is 0 Å². The third kappa shape index (κ3) is 3.54. The number of halogens is 1. The van der Waals surface area contributed by atoms with Crippen molar-refractivity contribution in [2.75, 3.05) is 6.61 Å². The monoisotopic (exact) mass is 467 g/mol. The molecule has 5 aromatic rings. The van der Waals surface area contributed by atoms with Crippen molar-refractivity contribution < 1.29 is 9.53 Å². The van der Waals surface area contributed by atoms with Gasteiger partial charge in [-0.3, -0.25) is 9.55 Å². The van der Waals surface area contributed by atoms with Gasteiger partial charge in [0.1, 0.15) is 23.1 Å². The number of aromatic nitrogens is 4. The number of benzene rings is 2. The molecule has 5 rings (SSSR count). The van der Waals surface area contributed by atoms with Gasteiger partial charge in [-0.2, -0.15) is 5.26 Å². The summed E-state index contributed by atoms with van der Waals surface area (Å²) in [6.45, 7) is 3.88. The molecular weight excluding hydrogens is 450 g/mol. The van der Waals surface area contributed by atoms with Crippen LogP contribution in [0, 0.1) is 18.3 Å². The van der Waals surface area contributed by atoms with E-state index >= 15 is 0 Å². The van der Waals surface area contributed by atoms with E-state index in [9.17, 15) is 10.1 Å². The van der Waals surface area contributed by atoms with Gasteiger partial charge in [-0.1, -0.05) is 23.7 Å². The number of fused-ring (bicyclic) bond motifs is 2. The van der Waals surface area contributed by atoms with Crippen molar-refractivity contribution in [1.82, 2.24) is 19.5 Å². The van der Waals surface area contributed by atoms with Gasteiger partial charge in [-0.15, -0.1) is 0 Å². The molecule has 0 N–H and O–H groups in total. The standard InChI is InChI=1S/C26H18ClN5O2/c1-3-34-26(33)20-12-17(16-7-9-29-18(11-16)14-28)13-23-25(20)31-15(2)32(23)22-8-10-30-24-19(22)5-4-6-21(24)27/h4-13H,3H2,1-2H3. The van der Waals surface area contributed by atoms with Crippen molar-refractivity contribution in [3.63, 3.8) is 0 Å². The molecule has 2 aromatic carbocycles. The number of para-hydroxylation sites is 1. The summed E-state index contributed by atoms with van der Waals surface area (Å²) in [5.41, 5.74) is 4.91. The minimum absolute atomic E-state index is 0.242. The Bertz CT molecular complexity index is 1630. The molecule has 0 saturated carbocycles. The first kappa shape index (κ1) is 21.6. The lowest BCUT2D eigenvalue weighted by molar-refractivity contribution is 0.0528. The maximum absolute atomic E-state index is 12.9. The van der Waals surface area contributed by atoms with Crippen molar-refractivity contribution in [3.05, 3.63) is 83.0 Å².